The molecule has 0 aliphatic heterocycles. The number of halogens is 1. The topological polar surface area (TPSA) is 131 Å². The van der Waals surface area contributed by atoms with Gasteiger partial charge in [0.15, 0.2) is 0 Å². The molecule has 0 saturated heterocycles. The molecule has 2 aromatic carbocycles. The summed E-state index contributed by atoms with van der Waals surface area (Å²) in [5.41, 5.74) is 2.67. The quantitative estimate of drug-likeness (QED) is 0.226. The molecular formula is C17H15ClN4O4S3. The predicted molar refractivity (Wildman–Crippen MR) is 113 cm³/mol. The van der Waals surface area contributed by atoms with Crippen LogP contribution in [0.5, 0.6) is 0 Å². The summed E-state index contributed by atoms with van der Waals surface area (Å²) in [5.74, 6) is 5.12. The van der Waals surface area contributed by atoms with Crippen molar-refractivity contribution in [2.24, 2.45) is 10.2 Å². The molecule has 0 bridgehead atoms. The van der Waals surface area contributed by atoms with Crippen molar-refractivity contribution >= 4 is 54.4 Å². The van der Waals surface area contributed by atoms with Crippen LogP contribution in [0.25, 0.3) is 0 Å². The predicted octanol–water partition coefficient (Wildman–Crippen LogP) is 2.85. The summed E-state index contributed by atoms with van der Waals surface area (Å²) in [6.45, 7) is 0. The van der Waals surface area contributed by atoms with Gasteiger partial charge in [-0.05, 0) is 48.5 Å². The molecule has 8 nitrogen and oxygen atoms in total. The minimum absolute atomic E-state index is 0.0722. The van der Waals surface area contributed by atoms with Crippen molar-refractivity contribution in [1.82, 2.24) is 5.43 Å². The van der Waals surface area contributed by atoms with Crippen LogP contribution in [-0.2, 0) is 19.9 Å². The number of guanidine groups is 1. The summed E-state index contributed by atoms with van der Waals surface area (Å²) in [7, 11) is -8.04. The average molecular weight is 471 g/mol. The third-order valence-corrected chi connectivity index (χ3v) is 8.93. The highest BCUT2D eigenvalue weighted by Gasteiger charge is 2.24. The van der Waals surface area contributed by atoms with Crippen molar-refractivity contribution in [2.75, 3.05) is 5.32 Å². The largest absolute Gasteiger partial charge is 0.324 e. The van der Waals surface area contributed by atoms with Gasteiger partial charge in [0.1, 0.15) is 8.42 Å². The second-order valence-electron chi connectivity index (χ2n) is 5.58. The van der Waals surface area contributed by atoms with Crippen LogP contribution in [0.3, 0.4) is 0 Å². The zero-order valence-corrected chi connectivity index (χ0v) is 17.8. The van der Waals surface area contributed by atoms with Crippen LogP contribution in [0.4, 0.5) is 5.69 Å². The molecule has 3 rings (SSSR count). The fourth-order valence-electron chi connectivity index (χ4n) is 2.22. The highest BCUT2D eigenvalue weighted by atomic mass is 35.5. The maximum absolute atomic E-state index is 12.6. The Morgan fingerprint density at radius 1 is 0.897 bits per heavy atom. The number of hydrogen-bond acceptors (Lipinski definition) is 6. The number of thiophene rings is 1. The van der Waals surface area contributed by atoms with E-state index in [0.29, 0.717) is 22.0 Å². The number of benzene rings is 2. The van der Waals surface area contributed by atoms with Crippen molar-refractivity contribution in [3.8, 4) is 0 Å². The minimum Gasteiger partial charge on any atom is -0.324 e. The third-order valence-electron chi connectivity index (χ3n) is 3.58. The molecule has 0 aliphatic rings. The van der Waals surface area contributed by atoms with Crippen LogP contribution in [0.2, 0.25) is 5.02 Å². The molecule has 1 aromatic heterocycles. The van der Waals surface area contributed by atoms with Crippen molar-refractivity contribution in [1.29, 1.82) is 0 Å². The molecule has 4 N–H and O–H groups in total. The number of sulfone groups is 1. The standard InChI is InChI=1S/C17H15ClN4O4S3/c18-12-6-8-13(9-7-12)20-17(21-19)22-29(25,26)16-11-10-15(27-16)28(23,24)14-4-2-1-3-5-14/h1-11H,19H2,(H2,20,21,22). The normalized spacial score (nSPS) is 12.6. The number of nitrogens with one attached hydrogen (secondary N) is 2. The van der Waals surface area contributed by atoms with Crippen LogP contribution in [-0.4, -0.2) is 22.8 Å². The first-order valence-electron chi connectivity index (χ1n) is 7.96. The highest BCUT2D eigenvalue weighted by molar-refractivity contribution is 7.95. The van der Waals surface area contributed by atoms with Crippen LogP contribution < -0.4 is 16.6 Å². The second kappa shape index (κ2) is 8.51. The van der Waals surface area contributed by atoms with Crippen LogP contribution in [0, 0.1) is 0 Å². The zero-order chi connectivity index (χ0) is 21.1. The summed E-state index contributed by atoms with van der Waals surface area (Å²) in [5, 5.41) is 3.21. The lowest BCUT2D eigenvalue weighted by molar-refractivity contribution is 0.597. The molecule has 0 amide bonds. The average Bonchev–Trinajstić information content (AvgIpc) is 3.22. The van der Waals surface area contributed by atoms with Gasteiger partial charge in [-0.15, -0.1) is 15.7 Å². The summed E-state index contributed by atoms with van der Waals surface area (Å²) in [6, 6.07) is 16.6. The Kier molecular flexibility index (Phi) is 6.24. The number of hydrogen-bond donors (Lipinski definition) is 3. The molecule has 0 aliphatic carbocycles. The monoisotopic (exact) mass is 470 g/mol. The lowest BCUT2D eigenvalue weighted by atomic mass is 10.3. The highest BCUT2D eigenvalue weighted by Crippen LogP contribution is 2.31. The van der Waals surface area contributed by atoms with E-state index in [1.54, 1.807) is 42.5 Å². The third kappa shape index (κ3) is 4.95. The van der Waals surface area contributed by atoms with Crippen molar-refractivity contribution < 1.29 is 16.8 Å². The number of rotatable bonds is 5. The van der Waals surface area contributed by atoms with Gasteiger partial charge in [0.25, 0.3) is 10.0 Å². The second-order valence-corrected chi connectivity index (χ2v) is 11.1. The zero-order valence-electron chi connectivity index (χ0n) is 14.6. The summed E-state index contributed by atoms with van der Waals surface area (Å²) < 4.78 is 53.7. The van der Waals surface area contributed by atoms with Crippen molar-refractivity contribution in [3.63, 3.8) is 0 Å². The van der Waals surface area contributed by atoms with E-state index in [0.717, 1.165) is 0 Å². The molecule has 0 unspecified atom stereocenters. The van der Waals surface area contributed by atoms with E-state index in [1.807, 2.05) is 0 Å². The van der Waals surface area contributed by atoms with E-state index >= 15 is 0 Å². The first-order chi connectivity index (χ1) is 13.7. The Morgan fingerprint density at radius 3 is 2.14 bits per heavy atom. The molecule has 0 saturated carbocycles. The Balaban J connectivity index is 1.89. The van der Waals surface area contributed by atoms with E-state index < -0.39 is 19.9 Å². The van der Waals surface area contributed by atoms with Gasteiger partial charge in [0, 0.05) is 10.7 Å². The molecular weight excluding hydrogens is 456 g/mol. The number of anilines is 1. The Labute approximate surface area is 177 Å². The maximum atomic E-state index is 12.6. The number of nitrogens with zero attached hydrogens (tertiary/aromatic N) is 1. The Hall–Kier alpha value is -2.44. The van der Waals surface area contributed by atoms with E-state index in [2.05, 4.69) is 15.1 Å². The van der Waals surface area contributed by atoms with Crippen LogP contribution >= 0.6 is 22.9 Å². The summed E-state index contributed by atoms with van der Waals surface area (Å²) in [6.07, 6.45) is 0. The lowest BCUT2D eigenvalue weighted by Crippen LogP contribution is -2.36. The summed E-state index contributed by atoms with van der Waals surface area (Å²) >= 11 is 6.42. The number of sulfonamides is 1. The Morgan fingerprint density at radius 2 is 1.52 bits per heavy atom. The molecule has 0 spiro atoms. The van der Waals surface area contributed by atoms with Gasteiger partial charge in [-0.25, -0.2) is 14.3 Å². The fourth-order valence-corrected chi connectivity index (χ4v) is 6.44. The van der Waals surface area contributed by atoms with Gasteiger partial charge in [-0.1, -0.05) is 29.8 Å². The lowest BCUT2D eigenvalue weighted by Gasteiger charge is -2.08. The van der Waals surface area contributed by atoms with Crippen LogP contribution in [0.1, 0.15) is 0 Å². The van der Waals surface area contributed by atoms with Gasteiger partial charge >= 0.3 is 0 Å². The molecule has 0 atom stereocenters. The molecule has 29 heavy (non-hydrogen) atoms. The maximum Gasteiger partial charge on any atom is 0.295 e. The van der Waals surface area contributed by atoms with Crippen molar-refractivity contribution in [3.05, 3.63) is 71.8 Å². The van der Waals surface area contributed by atoms with Crippen molar-refractivity contribution in [2.45, 2.75) is 13.3 Å². The molecule has 0 fully saturated rings. The molecule has 0 radical (unpaired) electrons. The molecule has 12 heteroatoms. The van der Waals surface area contributed by atoms with Gasteiger partial charge in [0.2, 0.25) is 15.8 Å². The Bertz CT molecular complexity index is 1240. The van der Waals surface area contributed by atoms with Crippen LogP contribution in [0.15, 0.2) is 84.4 Å². The van der Waals surface area contributed by atoms with Gasteiger partial charge in [-0.3, -0.25) is 5.43 Å². The minimum atomic E-state index is -4.21. The molecule has 1 heterocycles. The molecule has 152 valence electrons. The summed E-state index contributed by atoms with van der Waals surface area (Å²) in [4.78, 5) is 0.0722. The van der Waals surface area contributed by atoms with Gasteiger partial charge < -0.3 is 5.32 Å². The SMILES string of the molecule is NN/C(=N\S(=O)(=O)c1ccc(S(=O)(=O)c2ccccc2)s1)Nc1ccc(Cl)cc1. The first-order valence-corrected chi connectivity index (χ1v) is 12.1. The van der Waals surface area contributed by atoms with E-state index in [-0.39, 0.29) is 19.3 Å². The number of nitrogens with two attached hydrogens (primary N) is 1. The first kappa shape index (κ1) is 21.3. The van der Waals surface area contributed by atoms with E-state index in [1.165, 1.54) is 24.3 Å². The van der Waals surface area contributed by atoms with Gasteiger partial charge in [0.05, 0.1) is 4.90 Å². The van der Waals surface area contributed by atoms with E-state index in [4.69, 9.17) is 17.4 Å². The van der Waals surface area contributed by atoms with E-state index in [9.17, 15) is 16.8 Å². The fraction of sp³-hybridized carbons (Fsp3) is 0. The number of hydrazine groups is 1. The molecule has 3 aromatic rings. The van der Waals surface area contributed by atoms with Gasteiger partial charge in [-0.2, -0.15) is 8.42 Å². The smallest absolute Gasteiger partial charge is 0.295 e.